The van der Waals surface area contributed by atoms with Crippen molar-refractivity contribution < 1.29 is 36.5 Å². The van der Waals surface area contributed by atoms with Crippen molar-refractivity contribution in [1.29, 1.82) is 0 Å². The minimum Gasteiger partial charge on any atom is -0.321 e. The van der Waals surface area contributed by atoms with Crippen LogP contribution in [0.1, 0.15) is 23.3 Å². The van der Waals surface area contributed by atoms with E-state index >= 15 is 0 Å². The van der Waals surface area contributed by atoms with Gasteiger partial charge < -0.3 is 9.74 Å². The molecule has 2 atom stereocenters. The van der Waals surface area contributed by atoms with E-state index in [1.54, 1.807) is 7.05 Å². The molecule has 0 unspecified atom stereocenters. The second-order valence-electron chi connectivity index (χ2n) is 5.70. The fourth-order valence-electron chi connectivity index (χ4n) is 3.13. The molecule has 0 radical (unpaired) electrons. The molecule has 2 bridgehead atoms. The van der Waals surface area contributed by atoms with Crippen LogP contribution in [-0.4, -0.2) is 71.4 Å². The first kappa shape index (κ1) is 19.8. The Hall–Kier alpha value is -2.95. The van der Waals surface area contributed by atoms with Crippen LogP contribution < -0.4 is 11.0 Å². The monoisotopic (exact) mass is 419 g/mol. The number of amidine groups is 1. The average Bonchev–Trinajstić information content (AvgIpc) is 3.11. The Morgan fingerprint density at radius 2 is 2.14 bits per heavy atom. The van der Waals surface area contributed by atoms with Crippen molar-refractivity contribution in [2.45, 2.75) is 12.1 Å². The van der Waals surface area contributed by atoms with Crippen LogP contribution in [0.4, 0.5) is 9.59 Å². The molecule has 2 aliphatic rings. The first-order chi connectivity index (χ1) is 13.2. The smallest absolute Gasteiger partial charge is 0.321 e. The number of aryl methyl sites for hydroxylation is 1. The zero-order chi connectivity index (χ0) is 20.6. The third-order valence-electron chi connectivity index (χ3n) is 4.14. The molecule has 154 valence electrons. The lowest BCUT2D eigenvalue weighted by molar-refractivity contribution is -0.0316. The van der Waals surface area contributed by atoms with Gasteiger partial charge in [-0.15, -0.1) is 4.28 Å². The molecule has 3 rings (SSSR count). The maximum absolute atomic E-state index is 12.7. The number of rotatable bonds is 4. The summed E-state index contributed by atoms with van der Waals surface area (Å²) >= 11 is 0. The van der Waals surface area contributed by atoms with Crippen molar-refractivity contribution in [3.05, 3.63) is 17.5 Å². The number of carbonyl (C=O) groups is 2. The molecular formula is C12H17N7O8S. The number of amides is 3. The number of hydrogen-bond donors (Lipinski definition) is 3. The van der Waals surface area contributed by atoms with E-state index in [1.807, 2.05) is 5.48 Å². The van der Waals surface area contributed by atoms with Crippen LogP contribution >= 0.6 is 0 Å². The van der Waals surface area contributed by atoms with E-state index in [9.17, 15) is 18.0 Å². The van der Waals surface area contributed by atoms with Crippen LogP contribution in [0.2, 0.25) is 0 Å². The summed E-state index contributed by atoms with van der Waals surface area (Å²) in [7, 11) is -0.707. The minimum atomic E-state index is -4.93. The highest BCUT2D eigenvalue weighted by molar-refractivity contribution is 7.80. The molecule has 3 heterocycles. The van der Waals surface area contributed by atoms with Crippen LogP contribution in [-0.2, 0) is 31.4 Å². The van der Waals surface area contributed by atoms with Gasteiger partial charge in [-0.25, -0.2) is 15.1 Å². The molecule has 2 aliphatic heterocycles. The van der Waals surface area contributed by atoms with Crippen LogP contribution in [0.3, 0.4) is 0 Å². The van der Waals surface area contributed by atoms with Gasteiger partial charge in [0.25, 0.3) is 0 Å². The molecular weight excluding hydrogens is 402 g/mol. The van der Waals surface area contributed by atoms with Crippen molar-refractivity contribution in [2.24, 2.45) is 12.0 Å². The molecule has 3 N–H and O–H groups in total. The summed E-state index contributed by atoms with van der Waals surface area (Å²) in [5, 5.41) is 4.67. The number of aliphatic imine (C=N–C) groups is 1. The molecule has 3 amide bonds. The summed E-state index contributed by atoms with van der Waals surface area (Å²) in [6.07, 6.45) is 0.473. The lowest BCUT2D eigenvalue weighted by Crippen LogP contribution is -2.45. The van der Waals surface area contributed by atoms with Gasteiger partial charge in [0.15, 0.2) is 5.84 Å². The number of nitrogens with one attached hydrogen (secondary N) is 2. The highest BCUT2D eigenvalue weighted by Crippen LogP contribution is 2.44. The zero-order valence-electron chi connectivity index (χ0n) is 14.9. The Morgan fingerprint density at radius 1 is 1.43 bits per heavy atom. The summed E-state index contributed by atoms with van der Waals surface area (Å²) in [4.78, 5) is 38.6. The molecule has 1 aromatic heterocycles. The molecule has 1 aromatic rings. The predicted molar refractivity (Wildman–Crippen MR) is 88.4 cm³/mol. The average molecular weight is 419 g/mol. The summed E-state index contributed by atoms with van der Waals surface area (Å²) in [6.45, 7) is 0.0165. The van der Waals surface area contributed by atoms with Gasteiger partial charge in [-0.3, -0.25) is 19.1 Å². The normalized spacial score (nSPS) is 21.6. The summed E-state index contributed by atoms with van der Waals surface area (Å²) in [5.74, 6) is 0.0524. The van der Waals surface area contributed by atoms with E-state index in [1.165, 1.54) is 29.9 Å². The van der Waals surface area contributed by atoms with E-state index in [-0.39, 0.29) is 12.4 Å². The number of hydroxylamine groups is 4. The molecule has 0 aromatic carbocycles. The first-order valence-corrected chi connectivity index (χ1v) is 9.05. The number of aromatic nitrogens is 2. The quantitative estimate of drug-likeness (QED) is 0.233. The lowest BCUT2D eigenvalue weighted by atomic mass is 9.97. The van der Waals surface area contributed by atoms with Gasteiger partial charge in [-0.2, -0.15) is 24.1 Å². The molecule has 15 nitrogen and oxygen atoms in total. The second kappa shape index (κ2) is 7.23. The predicted octanol–water partition coefficient (Wildman–Crippen LogP) is -1.19. The Balaban J connectivity index is 1.96. The Bertz CT molecular complexity index is 928. The Labute approximate surface area is 158 Å². The van der Waals surface area contributed by atoms with Crippen molar-refractivity contribution in [1.82, 2.24) is 30.7 Å². The summed E-state index contributed by atoms with van der Waals surface area (Å²) < 4.78 is 37.2. The van der Waals surface area contributed by atoms with Gasteiger partial charge in [0.1, 0.15) is 12.1 Å². The van der Waals surface area contributed by atoms with Gasteiger partial charge in [-0.05, 0) is 0 Å². The number of carbonyl (C=O) groups excluding carboxylic acids is 2. The highest BCUT2D eigenvalue weighted by Gasteiger charge is 2.53. The molecule has 28 heavy (non-hydrogen) atoms. The fourth-order valence-corrected chi connectivity index (χ4v) is 3.50. The minimum absolute atomic E-state index is 0.0165. The Kier molecular flexibility index (Phi) is 5.11. The summed E-state index contributed by atoms with van der Waals surface area (Å²) in [6, 6.07) is -2.57. The molecule has 0 spiro atoms. The second-order valence-corrected chi connectivity index (χ2v) is 6.70. The van der Waals surface area contributed by atoms with Gasteiger partial charge in [0.2, 0.25) is 0 Å². The number of urea groups is 1. The van der Waals surface area contributed by atoms with Gasteiger partial charge in [-0.1, -0.05) is 0 Å². The van der Waals surface area contributed by atoms with E-state index in [0.29, 0.717) is 16.3 Å². The standard InChI is InChI=1S/C12H17N7O8S/c1-13-10(15-26-11(20)16-25-3)9-8-6(4-14-17(8)2)7-5-18(9)12(21)19(7)27-28(22,23)24/h4,7,9H,5H2,1-3H3,(H,13,15)(H,16,20)(H,22,23,24)/t7-,9+/m1/s1. The van der Waals surface area contributed by atoms with E-state index in [0.717, 1.165) is 0 Å². The van der Waals surface area contributed by atoms with Crippen LogP contribution in [0.15, 0.2) is 11.2 Å². The Morgan fingerprint density at radius 3 is 2.75 bits per heavy atom. The van der Waals surface area contributed by atoms with Crippen molar-refractivity contribution >= 4 is 28.4 Å². The van der Waals surface area contributed by atoms with E-state index in [2.05, 4.69) is 24.7 Å². The van der Waals surface area contributed by atoms with Crippen LogP contribution in [0.5, 0.6) is 0 Å². The van der Waals surface area contributed by atoms with Gasteiger partial charge in [0.05, 0.1) is 25.5 Å². The summed E-state index contributed by atoms with van der Waals surface area (Å²) in [5.41, 5.74) is 5.23. The molecule has 1 saturated heterocycles. The topological polar surface area (TPSA) is 177 Å². The van der Waals surface area contributed by atoms with Crippen LogP contribution in [0.25, 0.3) is 0 Å². The number of nitrogens with zero attached hydrogens (tertiary/aromatic N) is 5. The third kappa shape index (κ3) is 3.44. The third-order valence-corrected chi connectivity index (χ3v) is 4.49. The molecule has 16 heteroatoms. The molecule has 1 fully saturated rings. The fraction of sp³-hybridized carbons (Fsp3) is 0.500. The largest absolute Gasteiger partial charge is 0.455 e. The zero-order valence-corrected chi connectivity index (χ0v) is 15.7. The molecule has 0 saturated carbocycles. The first-order valence-electron chi connectivity index (χ1n) is 7.69. The van der Waals surface area contributed by atoms with Gasteiger partial charge >= 0.3 is 22.5 Å². The van der Waals surface area contributed by atoms with Crippen molar-refractivity contribution in [3.63, 3.8) is 0 Å². The van der Waals surface area contributed by atoms with Crippen LogP contribution in [0, 0.1) is 0 Å². The van der Waals surface area contributed by atoms with Crippen molar-refractivity contribution in [3.8, 4) is 0 Å². The van der Waals surface area contributed by atoms with E-state index in [4.69, 9.17) is 9.39 Å². The highest BCUT2D eigenvalue weighted by atomic mass is 32.3. The lowest BCUT2D eigenvalue weighted by Gasteiger charge is -2.31. The SMILES string of the molecule is CN=C(NOC(=O)NOC)[C@@H]1c2c(cnn2C)[C@H]2CN1C(=O)N2OS(=O)(=O)O. The van der Waals surface area contributed by atoms with Crippen molar-refractivity contribution in [2.75, 3.05) is 20.7 Å². The number of hydrogen-bond acceptors (Lipinski definition) is 9. The van der Waals surface area contributed by atoms with E-state index < -0.39 is 34.6 Å². The number of fused-ring (bicyclic) bond motifs is 4. The maximum atomic E-state index is 12.7. The maximum Gasteiger partial charge on any atom is 0.455 e. The molecule has 0 aliphatic carbocycles. The van der Waals surface area contributed by atoms with Gasteiger partial charge in [0, 0.05) is 19.7 Å².